The van der Waals surface area contributed by atoms with E-state index >= 15 is 0 Å². The highest BCUT2D eigenvalue weighted by molar-refractivity contribution is 7.99. The molecule has 3 aromatic rings. The number of rotatable bonds is 6. The molecule has 2 aromatic carbocycles. The van der Waals surface area contributed by atoms with Crippen molar-refractivity contribution in [3.8, 4) is 17.1 Å². The summed E-state index contributed by atoms with van der Waals surface area (Å²) in [6.45, 7) is 3.85. The van der Waals surface area contributed by atoms with Crippen molar-refractivity contribution in [3.05, 3.63) is 53.6 Å². The molecule has 0 fully saturated rings. The van der Waals surface area contributed by atoms with Crippen molar-refractivity contribution in [1.29, 1.82) is 0 Å². The van der Waals surface area contributed by atoms with Gasteiger partial charge in [-0.15, -0.1) is 10.2 Å². The van der Waals surface area contributed by atoms with Gasteiger partial charge in [-0.2, -0.15) is 0 Å². The molecular formula is C20H22N6O3S. The number of urea groups is 1. The summed E-state index contributed by atoms with van der Waals surface area (Å²) in [7, 11) is 1.59. The van der Waals surface area contributed by atoms with Gasteiger partial charge in [-0.05, 0) is 55.3 Å². The second kappa shape index (κ2) is 9.31. The highest BCUT2D eigenvalue weighted by Crippen LogP contribution is 2.23. The number of imide groups is 1. The van der Waals surface area contributed by atoms with Crippen molar-refractivity contribution >= 4 is 29.4 Å². The lowest BCUT2D eigenvalue weighted by atomic mass is 10.1. The van der Waals surface area contributed by atoms with Crippen LogP contribution >= 0.6 is 11.8 Å². The van der Waals surface area contributed by atoms with Crippen LogP contribution in [-0.2, 0) is 4.79 Å². The van der Waals surface area contributed by atoms with Crippen LogP contribution in [0.5, 0.6) is 5.75 Å². The average Bonchev–Trinajstić information content (AvgIpc) is 3.10. The number of carbonyl (C=O) groups is 2. The molecule has 0 bridgehead atoms. The van der Waals surface area contributed by atoms with Gasteiger partial charge in [0, 0.05) is 11.3 Å². The number of nitrogen functional groups attached to an aromatic ring is 1. The fourth-order valence-electron chi connectivity index (χ4n) is 2.65. The Kier molecular flexibility index (Phi) is 6.58. The Balaban J connectivity index is 1.56. The zero-order valence-electron chi connectivity index (χ0n) is 16.8. The van der Waals surface area contributed by atoms with Gasteiger partial charge in [0.1, 0.15) is 5.75 Å². The second-order valence-electron chi connectivity index (χ2n) is 6.44. The average molecular weight is 427 g/mol. The number of thioether (sulfide) groups is 1. The molecular weight excluding hydrogens is 404 g/mol. The Hall–Kier alpha value is -3.53. The molecule has 30 heavy (non-hydrogen) atoms. The number of hydrogen-bond donors (Lipinski definition) is 3. The molecule has 1 aromatic heterocycles. The van der Waals surface area contributed by atoms with E-state index in [4.69, 9.17) is 10.6 Å². The van der Waals surface area contributed by atoms with Gasteiger partial charge < -0.3 is 15.9 Å². The molecule has 10 heteroatoms. The Labute approximate surface area is 178 Å². The van der Waals surface area contributed by atoms with Gasteiger partial charge in [-0.1, -0.05) is 23.9 Å². The zero-order valence-corrected chi connectivity index (χ0v) is 17.6. The van der Waals surface area contributed by atoms with Crippen LogP contribution in [0.4, 0.5) is 10.5 Å². The lowest BCUT2D eigenvalue weighted by Crippen LogP contribution is -2.35. The number of amides is 3. The van der Waals surface area contributed by atoms with E-state index in [-0.39, 0.29) is 5.75 Å². The molecule has 0 aliphatic rings. The van der Waals surface area contributed by atoms with Gasteiger partial charge in [-0.3, -0.25) is 10.1 Å². The predicted octanol–water partition coefficient (Wildman–Crippen LogP) is 2.72. The first kappa shape index (κ1) is 21.2. The van der Waals surface area contributed by atoms with E-state index in [9.17, 15) is 9.59 Å². The van der Waals surface area contributed by atoms with E-state index in [2.05, 4.69) is 20.8 Å². The van der Waals surface area contributed by atoms with Crippen molar-refractivity contribution in [1.82, 2.24) is 20.2 Å². The topological polar surface area (TPSA) is 124 Å². The summed E-state index contributed by atoms with van der Waals surface area (Å²) < 4.78 is 6.43. The molecule has 0 unspecified atom stereocenters. The van der Waals surface area contributed by atoms with Crippen molar-refractivity contribution in [2.45, 2.75) is 19.0 Å². The van der Waals surface area contributed by atoms with E-state index in [0.717, 1.165) is 28.5 Å². The van der Waals surface area contributed by atoms with Crippen molar-refractivity contribution in [2.75, 3.05) is 24.0 Å². The van der Waals surface area contributed by atoms with Gasteiger partial charge in [0.25, 0.3) is 0 Å². The van der Waals surface area contributed by atoms with E-state index in [0.29, 0.717) is 22.4 Å². The number of aryl methyl sites for hydroxylation is 1. The molecule has 9 nitrogen and oxygen atoms in total. The third-order valence-corrected chi connectivity index (χ3v) is 5.39. The van der Waals surface area contributed by atoms with Crippen LogP contribution in [0, 0.1) is 13.8 Å². The highest BCUT2D eigenvalue weighted by Gasteiger charge is 2.15. The van der Waals surface area contributed by atoms with Gasteiger partial charge in [-0.25, -0.2) is 9.47 Å². The molecule has 0 saturated heterocycles. The molecule has 0 aliphatic heterocycles. The van der Waals surface area contributed by atoms with Crippen LogP contribution < -0.4 is 21.2 Å². The Bertz CT molecular complexity index is 1060. The van der Waals surface area contributed by atoms with Crippen LogP contribution in [0.2, 0.25) is 0 Å². The summed E-state index contributed by atoms with van der Waals surface area (Å²) >= 11 is 1.08. The zero-order chi connectivity index (χ0) is 21.7. The number of nitrogens with one attached hydrogen (secondary N) is 2. The molecule has 0 aliphatic carbocycles. The number of hydrogen-bond acceptors (Lipinski definition) is 7. The number of ether oxygens (including phenoxy) is 1. The first-order valence-electron chi connectivity index (χ1n) is 9.03. The second-order valence-corrected chi connectivity index (χ2v) is 7.39. The number of methoxy groups -OCH3 is 1. The van der Waals surface area contributed by atoms with E-state index in [1.807, 2.05) is 38.1 Å². The van der Waals surface area contributed by atoms with Crippen LogP contribution in [0.1, 0.15) is 11.1 Å². The molecule has 0 spiro atoms. The maximum absolute atomic E-state index is 12.1. The van der Waals surface area contributed by atoms with Crippen LogP contribution in [0.3, 0.4) is 0 Å². The third kappa shape index (κ3) is 4.90. The van der Waals surface area contributed by atoms with E-state index < -0.39 is 11.9 Å². The predicted molar refractivity (Wildman–Crippen MR) is 116 cm³/mol. The normalized spacial score (nSPS) is 10.5. The number of aromatic nitrogens is 3. The molecule has 4 N–H and O–H groups in total. The first-order valence-corrected chi connectivity index (χ1v) is 10.0. The minimum absolute atomic E-state index is 0.0435. The minimum Gasteiger partial charge on any atom is -0.497 e. The maximum atomic E-state index is 12.1. The highest BCUT2D eigenvalue weighted by atomic mass is 32.2. The van der Waals surface area contributed by atoms with E-state index in [1.54, 1.807) is 25.3 Å². The van der Waals surface area contributed by atoms with Crippen molar-refractivity contribution < 1.29 is 14.3 Å². The fourth-order valence-corrected chi connectivity index (χ4v) is 3.30. The molecule has 0 saturated carbocycles. The van der Waals surface area contributed by atoms with Gasteiger partial charge in [0.05, 0.1) is 12.9 Å². The van der Waals surface area contributed by atoms with Crippen molar-refractivity contribution in [3.63, 3.8) is 0 Å². The quantitative estimate of drug-likeness (QED) is 0.409. The monoisotopic (exact) mass is 426 g/mol. The fraction of sp³-hybridized carbons (Fsp3) is 0.200. The van der Waals surface area contributed by atoms with E-state index in [1.165, 1.54) is 4.68 Å². The van der Waals surface area contributed by atoms with Crippen LogP contribution in [0.25, 0.3) is 11.4 Å². The lowest BCUT2D eigenvalue weighted by molar-refractivity contribution is -0.117. The summed E-state index contributed by atoms with van der Waals surface area (Å²) in [5, 5.41) is 13.4. The standard InChI is InChI=1S/C20H22N6O3S/c1-12-5-4-6-16(13(12)2)22-19(28)23-17(27)11-30-20-25-24-18(26(20)21)14-7-9-15(29-3)10-8-14/h4-10H,11,21H2,1-3H3,(H2,22,23,27,28). The summed E-state index contributed by atoms with van der Waals surface area (Å²) in [4.78, 5) is 24.2. The third-order valence-electron chi connectivity index (χ3n) is 4.45. The Morgan fingerprint density at radius 3 is 2.57 bits per heavy atom. The van der Waals surface area contributed by atoms with Gasteiger partial charge in [0.15, 0.2) is 5.82 Å². The summed E-state index contributed by atoms with van der Waals surface area (Å²) in [6, 6.07) is 12.2. The number of anilines is 1. The smallest absolute Gasteiger partial charge is 0.325 e. The number of nitrogens with zero attached hydrogens (tertiary/aromatic N) is 3. The molecule has 1 heterocycles. The summed E-state index contributed by atoms with van der Waals surface area (Å²) in [6.07, 6.45) is 0. The summed E-state index contributed by atoms with van der Waals surface area (Å²) in [5.41, 5.74) is 3.40. The van der Waals surface area contributed by atoms with Crippen molar-refractivity contribution in [2.24, 2.45) is 0 Å². The summed E-state index contributed by atoms with van der Waals surface area (Å²) in [5.74, 6) is 6.70. The molecule has 0 radical (unpaired) electrons. The SMILES string of the molecule is COc1ccc(-c2nnc(SCC(=O)NC(=O)Nc3cccc(C)c3C)n2N)cc1. The Morgan fingerprint density at radius 2 is 1.87 bits per heavy atom. The number of benzene rings is 2. The molecule has 0 atom stereocenters. The van der Waals surface area contributed by atoms with Crippen LogP contribution in [0.15, 0.2) is 47.6 Å². The molecule has 3 amide bonds. The minimum atomic E-state index is -0.595. The van der Waals surface area contributed by atoms with Gasteiger partial charge in [0.2, 0.25) is 11.1 Å². The molecule has 156 valence electrons. The van der Waals surface area contributed by atoms with Crippen LogP contribution in [-0.4, -0.2) is 39.7 Å². The van der Waals surface area contributed by atoms with Gasteiger partial charge >= 0.3 is 6.03 Å². The largest absolute Gasteiger partial charge is 0.497 e. The first-order chi connectivity index (χ1) is 14.4. The number of nitrogens with two attached hydrogens (primary N) is 1. The lowest BCUT2D eigenvalue weighted by Gasteiger charge is -2.10. The molecule has 3 rings (SSSR count). The number of carbonyl (C=O) groups excluding carboxylic acids is 2. The Morgan fingerprint density at radius 1 is 1.13 bits per heavy atom. The maximum Gasteiger partial charge on any atom is 0.325 e.